The van der Waals surface area contributed by atoms with Gasteiger partial charge >= 0.3 is 5.63 Å². The Hall–Kier alpha value is -3.81. The first-order chi connectivity index (χ1) is 14.5. The summed E-state index contributed by atoms with van der Waals surface area (Å²) in [5, 5.41) is 14.6. The van der Waals surface area contributed by atoms with Crippen molar-refractivity contribution in [2.24, 2.45) is 5.10 Å². The van der Waals surface area contributed by atoms with Gasteiger partial charge in [-0.15, -0.1) is 0 Å². The SMILES string of the molecule is CCCOc1ccc(/C=N/NC(=O)COc2ccc3c(C)cc(=O)oc3c2)c(O)c1. The Morgan fingerprint density at radius 3 is 2.70 bits per heavy atom. The van der Waals surface area contributed by atoms with Gasteiger partial charge in [0.1, 0.15) is 22.8 Å². The van der Waals surface area contributed by atoms with E-state index >= 15 is 0 Å². The maximum atomic E-state index is 11.9. The van der Waals surface area contributed by atoms with E-state index in [0.717, 1.165) is 17.4 Å². The fourth-order valence-corrected chi connectivity index (χ4v) is 2.69. The number of hydrazone groups is 1. The lowest BCUT2D eigenvalue weighted by molar-refractivity contribution is -0.123. The molecule has 3 rings (SSSR count). The van der Waals surface area contributed by atoms with Gasteiger partial charge in [-0.25, -0.2) is 10.2 Å². The Morgan fingerprint density at radius 1 is 1.17 bits per heavy atom. The fourth-order valence-electron chi connectivity index (χ4n) is 2.69. The number of carbonyl (C=O) groups is 1. The number of carbonyl (C=O) groups excluding carboxylic acids is 1. The molecule has 0 fully saturated rings. The van der Waals surface area contributed by atoms with E-state index in [1.807, 2.05) is 13.8 Å². The number of phenolic OH excluding ortho intramolecular Hbond substituents is 1. The first-order valence-electron chi connectivity index (χ1n) is 9.41. The van der Waals surface area contributed by atoms with Crippen LogP contribution >= 0.6 is 0 Å². The summed E-state index contributed by atoms with van der Waals surface area (Å²) < 4.78 is 16.0. The summed E-state index contributed by atoms with van der Waals surface area (Å²) in [6, 6.07) is 11.3. The lowest BCUT2D eigenvalue weighted by atomic mass is 10.1. The van der Waals surface area contributed by atoms with Crippen molar-refractivity contribution < 1.29 is 23.8 Å². The van der Waals surface area contributed by atoms with Crippen molar-refractivity contribution in [3.8, 4) is 17.2 Å². The second-order valence-corrected chi connectivity index (χ2v) is 6.56. The highest BCUT2D eigenvalue weighted by Crippen LogP contribution is 2.23. The van der Waals surface area contributed by atoms with E-state index in [4.69, 9.17) is 13.9 Å². The first-order valence-corrected chi connectivity index (χ1v) is 9.41. The minimum Gasteiger partial charge on any atom is -0.507 e. The number of aromatic hydroxyl groups is 1. The molecule has 3 aromatic rings. The molecule has 0 saturated heterocycles. The summed E-state index contributed by atoms with van der Waals surface area (Å²) >= 11 is 0. The standard InChI is InChI=1S/C22H22N2O6/c1-3-8-28-16-5-4-15(19(25)10-16)12-23-24-21(26)13-29-17-6-7-18-14(2)9-22(27)30-20(18)11-17/h4-7,9-12,25H,3,8,13H2,1-2H3,(H,24,26)/b23-12+. The summed E-state index contributed by atoms with van der Waals surface area (Å²) in [7, 11) is 0. The monoisotopic (exact) mass is 410 g/mol. The van der Waals surface area contributed by atoms with Gasteiger partial charge in [0.15, 0.2) is 6.61 Å². The molecule has 1 heterocycles. The summed E-state index contributed by atoms with van der Waals surface area (Å²) in [6.45, 7) is 4.08. The molecular weight excluding hydrogens is 388 g/mol. The van der Waals surface area contributed by atoms with Gasteiger partial charge in [0.2, 0.25) is 0 Å². The fraction of sp³-hybridized carbons (Fsp3) is 0.227. The van der Waals surface area contributed by atoms with Crippen molar-refractivity contribution in [1.82, 2.24) is 5.43 Å². The molecule has 0 bridgehead atoms. The van der Waals surface area contributed by atoms with Gasteiger partial charge in [0.05, 0.1) is 12.8 Å². The highest BCUT2D eigenvalue weighted by molar-refractivity contribution is 5.86. The maximum absolute atomic E-state index is 11.9. The zero-order chi connectivity index (χ0) is 21.5. The van der Waals surface area contributed by atoms with E-state index in [0.29, 0.717) is 29.3 Å². The Kier molecular flexibility index (Phi) is 6.69. The maximum Gasteiger partial charge on any atom is 0.336 e. The zero-order valence-electron chi connectivity index (χ0n) is 16.7. The average Bonchev–Trinajstić information content (AvgIpc) is 2.71. The molecule has 156 valence electrons. The van der Waals surface area contributed by atoms with Crippen LogP contribution in [-0.4, -0.2) is 30.4 Å². The third kappa shape index (κ3) is 5.38. The Bertz CT molecular complexity index is 1140. The van der Waals surface area contributed by atoms with Crippen LogP contribution in [0.15, 0.2) is 56.8 Å². The molecule has 0 unspecified atom stereocenters. The Morgan fingerprint density at radius 2 is 1.93 bits per heavy atom. The minimum atomic E-state index is -0.487. The van der Waals surface area contributed by atoms with Crippen molar-refractivity contribution in [3.63, 3.8) is 0 Å². The molecule has 0 aliphatic heterocycles. The Balaban J connectivity index is 1.55. The van der Waals surface area contributed by atoms with Crippen molar-refractivity contribution in [1.29, 1.82) is 0 Å². The molecular formula is C22H22N2O6. The van der Waals surface area contributed by atoms with E-state index < -0.39 is 11.5 Å². The number of hydrogen-bond acceptors (Lipinski definition) is 7. The van der Waals surface area contributed by atoms with Gasteiger partial charge in [-0.2, -0.15) is 5.10 Å². The molecule has 0 aliphatic rings. The van der Waals surface area contributed by atoms with E-state index in [1.54, 1.807) is 30.3 Å². The number of ether oxygens (including phenoxy) is 2. The van der Waals surface area contributed by atoms with Crippen LogP contribution in [0.4, 0.5) is 0 Å². The molecule has 30 heavy (non-hydrogen) atoms. The molecule has 2 aromatic carbocycles. The normalized spacial score (nSPS) is 11.0. The van der Waals surface area contributed by atoms with Crippen molar-refractivity contribution in [3.05, 3.63) is 64.0 Å². The molecule has 1 aromatic heterocycles. The molecule has 8 nitrogen and oxygen atoms in total. The smallest absolute Gasteiger partial charge is 0.336 e. The number of nitrogens with one attached hydrogen (secondary N) is 1. The van der Waals surface area contributed by atoms with E-state index in [1.165, 1.54) is 18.3 Å². The van der Waals surface area contributed by atoms with E-state index in [2.05, 4.69) is 10.5 Å². The van der Waals surface area contributed by atoms with Crippen molar-refractivity contribution in [2.75, 3.05) is 13.2 Å². The van der Waals surface area contributed by atoms with Gasteiger partial charge < -0.3 is 19.0 Å². The molecule has 0 spiro atoms. The number of fused-ring (bicyclic) bond motifs is 1. The quantitative estimate of drug-likeness (QED) is 0.335. The van der Waals surface area contributed by atoms with Crippen LogP contribution in [0.2, 0.25) is 0 Å². The molecule has 0 saturated carbocycles. The third-order valence-electron chi connectivity index (χ3n) is 4.16. The topological polar surface area (TPSA) is 110 Å². The van der Waals surface area contributed by atoms with Crippen molar-refractivity contribution >= 4 is 23.1 Å². The molecule has 8 heteroatoms. The van der Waals surface area contributed by atoms with Crippen LogP contribution in [0.3, 0.4) is 0 Å². The third-order valence-corrected chi connectivity index (χ3v) is 4.16. The number of hydrogen-bond donors (Lipinski definition) is 2. The summed E-state index contributed by atoms with van der Waals surface area (Å²) in [5.74, 6) is 0.450. The van der Waals surface area contributed by atoms with E-state index in [-0.39, 0.29) is 12.4 Å². The summed E-state index contributed by atoms with van der Waals surface area (Å²) in [6.07, 6.45) is 2.19. The average molecular weight is 410 g/mol. The number of rotatable bonds is 8. The minimum absolute atomic E-state index is 0.00852. The molecule has 1 amide bonds. The van der Waals surface area contributed by atoms with Gasteiger partial charge in [0, 0.05) is 29.1 Å². The highest BCUT2D eigenvalue weighted by atomic mass is 16.5. The summed E-state index contributed by atoms with van der Waals surface area (Å²) in [5.41, 5.74) is 3.49. The zero-order valence-corrected chi connectivity index (χ0v) is 16.7. The van der Waals surface area contributed by atoms with Crippen LogP contribution in [-0.2, 0) is 4.79 Å². The second-order valence-electron chi connectivity index (χ2n) is 6.56. The Labute approximate surface area is 172 Å². The largest absolute Gasteiger partial charge is 0.507 e. The van der Waals surface area contributed by atoms with E-state index in [9.17, 15) is 14.7 Å². The van der Waals surface area contributed by atoms with Crippen LogP contribution in [0.25, 0.3) is 11.0 Å². The lowest BCUT2D eigenvalue weighted by Gasteiger charge is -2.07. The van der Waals surface area contributed by atoms with Crippen molar-refractivity contribution in [2.45, 2.75) is 20.3 Å². The van der Waals surface area contributed by atoms with Crippen LogP contribution in [0.5, 0.6) is 17.2 Å². The van der Waals surface area contributed by atoms with Gasteiger partial charge in [-0.3, -0.25) is 4.79 Å². The highest BCUT2D eigenvalue weighted by Gasteiger charge is 2.07. The number of phenols is 1. The number of benzene rings is 2. The molecule has 0 aliphatic carbocycles. The predicted molar refractivity (Wildman–Crippen MR) is 112 cm³/mol. The van der Waals surface area contributed by atoms with Gasteiger partial charge in [-0.05, 0) is 43.2 Å². The van der Waals surface area contributed by atoms with Gasteiger partial charge in [-0.1, -0.05) is 6.92 Å². The predicted octanol–water partition coefficient (Wildman–Crippen LogP) is 3.12. The van der Waals surface area contributed by atoms with Gasteiger partial charge in [0.25, 0.3) is 5.91 Å². The summed E-state index contributed by atoms with van der Waals surface area (Å²) in [4.78, 5) is 23.4. The van der Waals surface area contributed by atoms with Crippen LogP contribution in [0.1, 0.15) is 24.5 Å². The molecule has 2 N–H and O–H groups in total. The lowest BCUT2D eigenvalue weighted by Crippen LogP contribution is -2.24. The number of aryl methyl sites for hydroxylation is 1. The van der Waals surface area contributed by atoms with Crippen LogP contribution in [0, 0.1) is 6.92 Å². The number of nitrogens with zero attached hydrogens (tertiary/aromatic N) is 1. The molecule has 0 radical (unpaired) electrons. The molecule has 0 atom stereocenters. The van der Waals surface area contributed by atoms with Crippen LogP contribution < -0.4 is 20.5 Å². The first kappa shape index (κ1) is 20.9. The number of amides is 1. The second kappa shape index (κ2) is 9.60.